The molecule has 0 aromatic carbocycles. The van der Waals surface area contributed by atoms with Gasteiger partial charge < -0.3 is 20.6 Å². The van der Waals surface area contributed by atoms with E-state index in [-0.39, 0.29) is 18.9 Å². The van der Waals surface area contributed by atoms with Crippen LogP contribution in [0.2, 0.25) is 0 Å². The first-order valence-electron chi connectivity index (χ1n) is 21.5. The Bertz CT molecular complexity index is 669. The Kier molecular flexibility index (Phi) is 38.1. The Morgan fingerprint density at radius 1 is 0.521 bits per heavy atom. The van der Waals surface area contributed by atoms with Crippen LogP contribution in [0.25, 0.3) is 0 Å². The quantitative estimate of drug-likeness (QED) is 0.0384. The standard InChI is InChI=1S/C43H85NO4/c1-3-5-7-9-11-13-15-17-19-21-22-24-26-28-30-32-34-36-40(46)38-43(48)44-41(39-45)42(47)37-35-33-31-29-27-25-23-20-18-16-14-12-10-8-6-4-2/h35,37,40-42,45-47H,3-34,36,38-39H2,1-2H3,(H,44,48)/b37-35+. The molecule has 0 bridgehead atoms. The molecule has 0 fully saturated rings. The van der Waals surface area contributed by atoms with Gasteiger partial charge in [-0.25, -0.2) is 0 Å². The van der Waals surface area contributed by atoms with Crippen LogP contribution < -0.4 is 5.32 Å². The summed E-state index contributed by atoms with van der Waals surface area (Å²) in [6.07, 6.45) is 44.9. The summed E-state index contributed by atoms with van der Waals surface area (Å²) >= 11 is 0. The van der Waals surface area contributed by atoms with E-state index < -0.39 is 18.2 Å². The highest BCUT2D eigenvalue weighted by atomic mass is 16.3. The van der Waals surface area contributed by atoms with Crippen LogP contribution in [0.4, 0.5) is 0 Å². The van der Waals surface area contributed by atoms with E-state index in [0.29, 0.717) is 6.42 Å². The molecule has 0 aromatic heterocycles. The van der Waals surface area contributed by atoms with Crippen molar-refractivity contribution in [3.05, 3.63) is 12.2 Å². The first-order valence-corrected chi connectivity index (χ1v) is 21.5. The maximum atomic E-state index is 12.4. The van der Waals surface area contributed by atoms with Crippen LogP contribution in [-0.4, -0.2) is 46.1 Å². The van der Waals surface area contributed by atoms with E-state index in [2.05, 4.69) is 19.2 Å². The second kappa shape index (κ2) is 38.9. The molecule has 0 aliphatic carbocycles. The van der Waals surface area contributed by atoms with Crippen LogP contribution in [0.3, 0.4) is 0 Å². The van der Waals surface area contributed by atoms with Crippen molar-refractivity contribution in [2.45, 2.75) is 250 Å². The molecule has 3 atom stereocenters. The molecule has 48 heavy (non-hydrogen) atoms. The van der Waals surface area contributed by atoms with Gasteiger partial charge in [-0.1, -0.05) is 219 Å². The summed E-state index contributed by atoms with van der Waals surface area (Å²) < 4.78 is 0. The van der Waals surface area contributed by atoms with Crippen LogP contribution in [0, 0.1) is 0 Å². The predicted molar refractivity (Wildman–Crippen MR) is 208 cm³/mol. The zero-order valence-electron chi connectivity index (χ0n) is 32.4. The number of amides is 1. The highest BCUT2D eigenvalue weighted by molar-refractivity contribution is 5.76. The van der Waals surface area contributed by atoms with E-state index in [1.807, 2.05) is 6.08 Å². The van der Waals surface area contributed by atoms with Crippen LogP contribution in [0.5, 0.6) is 0 Å². The molecule has 3 unspecified atom stereocenters. The minimum Gasteiger partial charge on any atom is -0.394 e. The van der Waals surface area contributed by atoms with Gasteiger partial charge in [0.05, 0.1) is 31.3 Å². The lowest BCUT2D eigenvalue weighted by molar-refractivity contribution is -0.124. The Morgan fingerprint density at radius 3 is 1.21 bits per heavy atom. The SMILES string of the molecule is CCCCCCCCCCCCCCCC/C=C/C(O)C(CO)NC(=O)CC(O)CCCCCCCCCCCCCCCCCCC. The number of allylic oxidation sites excluding steroid dienone is 1. The number of hydrogen-bond donors (Lipinski definition) is 4. The number of carbonyl (C=O) groups excluding carboxylic acids is 1. The summed E-state index contributed by atoms with van der Waals surface area (Å²) in [5.41, 5.74) is 0. The Morgan fingerprint density at radius 2 is 0.854 bits per heavy atom. The third kappa shape index (κ3) is 34.9. The minimum atomic E-state index is -0.923. The number of nitrogens with one attached hydrogen (secondary N) is 1. The van der Waals surface area contributed by atoms with Gasteiger partial charge in [-0.2, -0.15) is 0 Å². The first kappa shape index (κ1) is 47.1. The van der Waals surface area contributed by atoms with Crippen LogP contribution in [0.15, 0.2) is 12.2 Å². The van der Waals surface area contributed by atoms with E-state index in [1.165, 1.54) is 180 Å². The molecule has 0 spiro atoms. The molecule has 0 heterocycles. The van der Waals surface area contributed by atoms with Gasteiger partial charge in [0.1, 0.15) is 0 Å². The average Bonchev–Trinajstić information content (AvgIpc) is 3.08. The molecule has 286 valence electrons. The van der Waals surface area contributed by atoms with E-state index >= 15 is 0 Å². The van der Waals surface area contributed by atoms with Gasteiger partial charge in [0.15, 0.2) is 0 Å². The highest BCUT2D eigenvalue weighted by Gasteiger charge is 2.20. The number of rotatable bonds is 39. The van der Waals surface area contributed by atoms with Crippen molar-refractivity contribution in [2.75, 3.05) is 6.61 Å². The smallest absolute Gasteiger partial charge is 0.222 e. The molecule has 5 nitrogen and oxygen atoms in total. The number of aliphatic hydroxyl groups excluding tert-OH is 3. The predicted octanol–water partition coefficient (Wildman–Crippen LogP) is 12.0. The Hall–Kier alpha value is -0.910. The summed E-state index contributed by atoms with van der Waals surface area (Å²) in [5.74, 6) is -0.312. The van der Waals surface area contributed by atoms with Gasteiger partial charge in [-0.15, -0.1) is 0 Å². The second-order valence-electron chi connectivity index (χ2n) is 15.0. The number of unbranched alkanes of at least 4 members (excludes halogenated alkanes) is 30. The minimum absolute atomic E-state index is 0.0187. The van der Waals surface area contributed by atoms with Gasteiger partial charge in [0.2, 0.25) is 5.91 Å². The molecule has 0 aromatic rings. The maximum Gasteiger partial charge on any atom is 0.222 e. The summed E-state index contributed by atoms with van der Waals surface area (Å²) in [4.78, 5) is 12.4. The molecule has 0 saturated heterocycles. The molecule has 5 heteroatoms. The Labute approximate surface area is 299 Å². The molecular weight excluding hydrogens is 594 g/mol. The molecule has 4 N–H and O–H groups in total. The Balaban J connectivity index is 3.65. The van der Waals surface area contributed by atoms with E-state index in [4.69, 9.17) is 0 Å². The normalized spacial score (nSPS) is 13.7. The van der Waals surface area contributed by atoms with Gasteiger partial charge in [-0.05, 0) is 19.3 Å². The van der Waals surface area contributed by atoms with Crippen LogP contribution in [-0.2, 0) is 4.79 Å². The number of aliphatic hydroxyl groups is 3. The number of carbonyl (C=O) groups is 1. The summed E-state index contributed by atoms with van der Waals surface area (Å²) in [6.45, 7) is 4.22. The van der Waals surface area contributed by atoms with E-state index in [9.17, 15) is 20.1 Å². The number of hydrogen-bond acceptors (Lipinski definition) is 4. The van der Waals surface area contributed by atoms with Crippen molar-refractivity contribution in [3.63, 3.8) is 0 Å². The molecule has 1 amide bonds. The average molecular weight is 680 g/mol. The van der Waals surface area contributed by atoms with Gasteiger partial charge in [-0.3, -0.25) is 4.79 Å². The molecular formula is C43H85NO4. The van der Waals surface area contributed by atoms with Crippen molar-refractivity contribution in [3.8, 4) is 0 Å². The molecule has 0 saturated carbocycles. The second-order valence-corrected chi connectivity index (χ2v) is 15.0. The van der Waals surface area contributed by atoms with Crippen LogP contribution in [0.1, 0.15) is 232 Å². The van der Waals surface area contributed by atoms with Gasteiger partial charge in [0, 0.05) is 0 Å². The lowest BCUT2D eigenvalue weighted by atomic mass is 10.0. The topological polar surface area (TPSA) is 89.8 Å². The summed E-state index contributed by atoms with van der Waals surface area (Å²) in [7, 11) is 0. The summed E-state index contributed by atoms with van der Waals surface area (Å²) in [5, 5.41) is 33.2. The molecule has 0 radical (unpaired) electrons. The first-order chi connectivity index (χ1) is 23.5. The molecule has 0 aliphatic rings. The lowest BCUT2D eigenvalue weighted by Gasteiger charge is -2.21. The van der Waals surface area contributed by atoms with Crippen molar-refractivity contribution in [2.24, 2.45) is 0 Å². The van der Waals surface area contributed by atoms with E-state index in [0.717, 1.165) is 25.7 Å². The van der Waals surface area contributed by atoms with Crippen molar-refractivity contribution in [1.29, 1.82) is 0 Å². The van der Waals surface area contributed by atoms with Crippen molar-refractivity contribution >= 4 is 5.91 Å². The zero-order chi connectivity index (χ0) is 35.2. The molecule has 0 rings (SSSR count). The monoisotopic (exact) mass is 680 g/mol. The molecule has 0 aliphatic heterocycles. The third-order valence-corrected chi connectivity index (χ3v) is 10.1. The highest BCUT2D eigenvalue weighted by Crippen LogP contribution is 2.16. The van der Waals surface area contributed by atoms with E-state index in [1.54, 1.807) is 6.08 Å². The summed E-state index contributed by atoms with van der Waals surface area (Å²) in [6, 6.07) is -0.738. The fraction of sp³-hybridized carbons (Fsp3) is 0.930. The third-order valence-electron chi connectivity index (χ3n) is 10.1. The van der Waals surface area contributed by atoms with Gasteiger partial charge in [0.25, 0.3) is 0 Å². The maximum absolute atomic E-state index is 12.4. The zero-order valence-corrected chi connectivity index (χ0v) is 32.4. The fourth-order valence-corrected chi connectivity index (χ4v) is 6.75. The van der Waals surface area contributed by atoms with Crippen molar-refractivity contribution in [1.82, 2.24) is 5.32 Å². The van der Waals surface area contributed by atoms with Gasteiger partial charge >= 0.3 is 0 Å². The van der Waals surface area contributed by atoms with Crippen molar-refractivity contribution < 1.29 is 20.1 Å². The fourth-order valence-electron chi connectivity index (χ4n) is 6.75. The largest absolute Gasteiger partial charge is 0.394 e. The lowest BCUT2D eigenvalue weighted by Crippen LogP contribution is -2.45. The van der Waals surface area contributed by atoms with Crippen LogP contribution >= 0.6 is 0 Å².